The first-order valence-corrected chi connectivity index (χ1v) is 6.10. The Morgan fingerprint density at radius 3 is 2.57 bits per heavy atom. The molecule has 21 heavy (non-hydrogen) atoms. The number of rotatable bonds is 7. The van der Waals surface area contributed by atoms with Crippen molar-refractivity contribution in [1.29, 1.82) is 0 Å². The minimum Gasteiger partial charge on any atom is -0.496 e. The molecule has 0 unspecified atom stereocenters. The van der Waals surface area contributed by atoms with E-state index in [-0.39, 0.29) is 24.2 Å². The minimum atomic E-state index is -1.25. The van der Waals surface area contributed by atoms with E-state index in [1.165, 1.54) is 25.3 Å². The first-order valence-electron chi connectivity index (χ1n) is 6.10. The summed E-state index contributed by atoms with van der Waals surface area (Å²) in [5, 5.41) is 11.3. The number of hydrogen-bond acceptors (Lipinski definition) is 5. The highest BCUT2D eigenvalue weighted by Crippen LogP contribution is 2.21. The third-order valence-electron chi connectivity index (χ3n) is 2.75. The molecule has 8 nitrogen and oxygen atoms in total. The maximum Gasteiger partial charge on any atom is 0.326 e. The van der Waals surface area contributed by atoms with E-state index in [0.717, 1.165) is 0 Å². The van der Waals surface area contributed by atoms with Gasteiger partial charge in [-0.1, -0.05) is 0 Å². The molecule has 0 heterocycles. The molecule has 0 radical (unpaired) electrons. The van der Waals surface area contributed by atoms with Gasteiger partial charge in [-0.3, -0.25) is 9.59 Å². The van der Waals surface area contributed by atoms with Crippen molar-refractivity contribution in [2.24, 2.45) is 5.73 Å². The van der Waals surface area contributed by atoms with Gasteiger partial charge in [0, 0.05) is 18.2 Å². The number of hydrogen-bond donors (Lipinski definition) is 4. The molecule has 1 aromatic carbocycles. The van der Waals surface area contributed by atoms with Crippen molar-refractivity contribution < 1.29 is 24.2 Å². The van der Waals surface area contributed by atoms with Gasteiger partial charge in [-0.05, 0) is 18.6 Å². The van der Waals surface area contributed by atoms with Gasteiger partial charge in [-0.25, -0.2) is 4.79 Å². The van der Waals surface area contributed by atoms with E-state index in [9.17, 15) is 14.4 Å². The average Bonchev–Trinajstić information content (AvgIpc) is 2.42. The van der Waals surface area contributed by atoms with Gasteiger partial charge in [0.1, 0.15) is 11.8 Å². The molecule has 0 spiro atoms. The number of amides is 2. The smallest absolute Gasteiger partial charge is 0.326 e. The summed E-state index contributed by atoms with van der Waals surface area (Å²) in [7, 11) is 1.37. The number of nitrogens with one attached hydrogen (secondary N) is 1. The van der Waals surface area contributed by atoms with E-state index in [0.29, 0.717) is 5.69 Å². The Morgan fingerprint density at radius 2 is 2.05 bits per heavy atom. The standard InChI is InChI=1S/C13H17N3O5/c1-21-10-6-7(14)2-3-8(10)12(18)16-9(13(19)20)4-5-11(15)17/h2-3,6,9H,4-5,14H2,1H3,(H2,15,17)(H,16,18)(H,19,20)/t9-/m0/s1. The molecule has 0 bridgehead atoms. The Balaban J connectivity index is 2.86. The van der Waals surface area contributed by atoms with Crippen molar-refractivity contribution in [1.82, 2.24) is 5.32 Å². The number of anilines is 1. The van der Waals surface area contributed by atoms with Crippen LogP contribution < -0.4 is 21.5 Å². The first kappa shape index (κ1) is 16.3. The van der Waals surface area contributed by atoms with Gasteiger partial charge >= 0.3 is 5.97 Å². The molecular formula is C13H17N3O5. The van der Waals surface area contributed by atoms with Gasteiger partial charge < -0.3 is 26.6 Å². The first-order chi connectivity index (χ1) is 9.85. The predicted molar refractivity (Wildman–Crippen MR) is 74.7 cm³/mol. The van der Waals surface area contributed by atoms with E-state index < -0.39 is 23.8 Å². The third-order valence-corrected chi connectivity index (χ3v) is 2.75. The molecule has 2 amide bonds. The second-order valence-corrected chi connectivity index (χ2v) is 4.33. The normalized spacial score (nSPS) is 11.5. The molecular weight excluding hydrogens is 278 g/mol. The van der Waals surface area contributed by atoms with Gasteiger partial charge in [0.2, 0.25) is 5.91 Å². The lowest BCUT2D eigenvalue weighted by molar-refractivity contribution is -0.139. The Labute approximate surface area is 121 Å². The summed E-state index contributed by atoms with van der Waals surface area (Å²) in [5.41, 5.74) is 11.1. The van der Waals surface area contributed by atoms with Crippen LogP contribution >= 0.6 is 0 Å². The summed E-state index contributed by atoms with van der Waals surface area (Å²) in [6.45, 7) is 0. The van der Waals surface area contributed by atoms with Crippen LogP contribution in [0.1, 0.15) is 23.2 Å². The Kier molecular flexibility index (Phi) is 5.53. The number of nitrogen functional groups attached to an aromatic ring is 1. The molecule has 0 aromatic heterocycles. The number of methoxy groups -OCH3 is 1. The van der Waals surface area contributed by atoms with Gasteiger partial charge in [0.15, 0.2) is 0 Å². The number of carbonyl (C=O) groups excluding carboxylic acids is 2. The number of carbonyl (C=O) groups is 3. The lowest BCUT2D eigenvalue weighted by Gasteiger charge is -2.15. The molecule has 6 N–H and O–H groups in total. The highest BCUT2D eigenvalue weighted by atomic mass is 16.5. The monoisotopic (exact) mass is 295 g/mol. The van der Waals surface area contributed by atoms with Crippen LogP contribution in [0.4, 0.5) is 5.69 Å². The zero-order valence-electron chi connectivity index (χ0n) is 11.5. The van der Waals surface area contributed by atoms with Crippen LogP contribution in [-0.4, -0.2) is 36.0 Å². The van der Waals surface area contributed by atoms with Crippen LogP contribution in [0.2, 0.25) is 0 Å². The Hall–Kier alpha value is -2.77. The molecule has 0 saturated carbocycles. The number of carboxylic acid groups (broad SMARTS) is 1. The van der Waals surface area contributed by atoms with Crippen molar-refractivity contribution >= 4 is 23.5 Å². The maximum absolute atomic E-state index is 12.1. The fourth-order valence-electron chi connectivity index (χ4n) is 1.68. The topological polar surface area (TPSA) is 145 Å². The summed E-state index contributed by atoms with van der Waals surface area (Å²) in [6.07, 6.45) is -0.232. The molecule has 1 aromatic rings. The molecule has 114 valence electrons. The van der Waals surface area contributed by atoms with Crippen molar-refractivity contribution in [2.75, 3.05) is 12.8 Å². The molecule has 1 atom stereocenters. The van der Waals surface area contributed by atoms with Crippen LogP contribution in [0.3, 0.4) is 0 Å². The summed E-state index contributed by atoms with van der Waals surface area (Å²) < 4.78 is 5.03. The van der Waals surface area contributed by atoms with E-state index in [2.05, 4.69) is 5.32 Å². The highest BCUT2D eigenvalue weighted by Gasteiger charge is 2.22. The molecule has 0 saturated heterocycles. The summed E-state index contributed by atoms with van der Waals surface area (Å²) in [4.78, 5) is 33.9. The molecule has 0 aliphatic carbocycles. The van der Waals surface area contributed by atoms with Gasteiger partial charge in [0.25, 0.3) is 5.91 Å². The zero-order valence-corrected chi connectivity index (χ0v) is 11.5. The summed E-state index contributed by atoms with van der Waals surface area (Å²) in [6, 6.07) is 3.16. The van der Waals surface area contributed by atoms with E-state index in [1.807, 2.05) is 0 Å². The number of benzene rings is 1. The van der Waals surface area contributed by atoms with E-state index >= 15 is 0 Å². The van der Waals surface area contributed by atoms with Gasteiger partial charge in [-0.2, -0.15) is 0 Å². The largest absolute Gasteiger partial charge is 0.496 e. The van der Waals surface area contributed by atoms with Crippen molar-refractivity contribution in [3.63, 3.8) is 0 Å². The third kappa shape index (κ3) is 4.68. The lowest BCUT2D eigenvalue weighted by Crippen LogP contribution is -2.41. The second kappa shape index (κ2) is 7.13. The summed E-state index contributed by atoms with van der Waals surface area (Å²) in [5.74, 6) is -2.30. The van der Waals surface area contributed by atoms with E-state index in [1.54, 1.807) is 0 Å². The van der Waals surface area contributed by atoms with Crippen LogP contribution in [0, 0.1) is 0 Å². The van der Waals surface area contributed by atoms with Crippen LogP contribution in [-0.2, 0) is 9.59 Å². The van der Waals surface area contributed by atoms with Crippen LogP contribution in [0.15, 0.2) is 18.2 Å². The van der Waals surface area contributed by atoms with Crippen molar-refractivity contribution in [3.05, 3.63) is 23.8 Å². The number of aliphatic carboxylic acids is 1. The lowest BCUT2D eigenvalue weighted by atomic mass is 10.1. The van der Waals surface area contributed by atoms with Gasteiger partial charge in [-0.15, -0.1) is 0 Å². The molecule has 0 fully saturated rings. The Morgan fingerprint density at radius 1 is 1.38 bits per heavy atom. The SMILES string of the molecule is COc1cc(N)ccc1C(=O)N[C@@H](CCC(N)=O)C(=O)O. The fraction of sp³-hybridized carbons (Fsp3) is 0.308. The maximum atomic E-state index is 12.1. The predicted octanol–water partition coefficient (Wildman–Crippen LogP) is -0.274. The zero-order chi connectivity index (χ0) is 16.0. The molecule has 0 aliphatic rings. The Bertz CT molecular complexity index is 559. The number of ether oxygens (including phenoxy) is 1. The molecule has 0 aliphatic heterocycles. The van der Waals surface area contributed by atoms with Crippen LogP contribution in [0.5, 0.6) is 5.75 Å². The minimum absolute atomic E-state index is 0.0896. The van der Waals surface area contributed by atoms with Crippen molar-refractivity contribution in [2.45, 2.75) is 18.9 Å². The quantitative estimate of drug-likeness (QED) is 0.509. The van der Waals surface area contributed by atoms with Crippen molar-refractivity contribution in [3.8, 4) is 5.75 Å². The van der Waals surface area contributed by atoms with Crippen LogP contribution in [0.25, 0.3) is 0 Å². The number of primary amides is 1. The molecule has 8 heteroatoms. The number of nitrogens with two attached hydrogens (primary N) is 2. The second-order valence-electron chi connectivity index (χ2n) is 4.33. The average molecular weight is 295 g/mol. The fourth-order valence-corrected chi connectivity index (χ4v) is 1.68. The van der Waals surface area contributed by atoms with E-state index in [4.69, 9.17) is 21.3 Å². The number of carboxylic acids is 1. The highest BCUT2D eigenvalue weighted by molar-refractivity contribution is 5.99. The summed E-state index contributed by atoms with van der Waals surface area (Å²) >= 11 is 0. The van der Waals surface area contributed by atoms with Gasteiger partial charge in [0.05, 0.1) is 12.7 Å². The molecule has 1 rings (SSSR count).